The molecule has 0 unspecified atom stereocenters. The van der Waals surface area contributed by atoms with E-state index in [1.165, 1.54) is 0 Å². The van der Waals surface area contributed by atoms with E-state index >= 15 is 0 Å². The van der Waals surface area contributed by atoms with E-state index in [2.05, 4.69) is 32.6 Å². The summed E-state index contributed by atoms with van der Waals surface area (Å²) in [4.78, 5) is 16.2. The molecule has 8 heteroatoms. The molecule has 0 atom stereocenters. The van der Waals surface area contributed by atoms with Crippen molar-refractivity contribution in [1.29, 1.82) is 0 Å². The van der Waals surface area contributed by atoms with Crippen molar-refractivity contribution in [1.82, 2.24) is 9.47 Å². The van der Waals surface area contributed by atoms with Crippen molar-refractivity contribution in [3.63, 3.8) is 0 Å². The normalized spacial score (nSPS) is 10.9. The Morgan fingerprint density at radius 1 is 1.20 bits per heavy atom. The molecule has 2 aromatic carbocycles. The predicted molar refractivity (Wildman–Crippen MR) is 129 cm³/mol. The number of benzene rings is 2. The van der Waals surface area contributed by atoms with Gasteiger partial charge < -0.3 is 18.9 Å². The summed E-state index contributed by atoms with van der Waals surface area (Å²) in [5.41, 5.74) is 2.50. The van der Waals surface area contributed by atoms with Crippen LogP contribution in [-0.4, -0.2) is 49.8 Å². The van der Waals surface area contributed by atoms with Gasteiger partial charge in [0.2, 0.25) is 0 Å². The van der Waals surface area contributed by atoms with Gasteiger partial charge in [0.25, 0.3) is 0 Å². The fraction of sp³-hybridized carbons (Fsp3) is 0.318. The van der Waals surface area contributed by atoms with E-state index in [1.807, 2.05) is 56.4 Å². The van der Waals surface area contributed by atoms with Crippen LogP contribution in [0.3, 0.4) is 0 Å². The number of nitrogens with zero attached hydrogens (tertiary/aromatic N) is 2. The van der Waals surface area contributed by atoms with E-state index in [0.29, 0.717) is 30.2 Å². The minimum atomic E-state index is -0.300. The molecule has 5 nitrogen and oxygen atoms in total. The number of halogens is 2. The van der Waals surface area contributed by atoms with Gasteiger partial charge in [-0.15, -0.1) is 24.2 Å². The molecule has 30 heavy (non-hydrogen) atoms. The highest BCUT2D eigenvalue weighted by molar-refractivity contribution is 9.10. The molecule has 3 aromatic rings. The molecule has 1 aromatic heterocycles. The molecule has 0 N–H and O–H groups in total. The van der Waals surface area contributed by atoms with Gasteiger partial charge in [0.15, 0.2) is 0 Å². The van der Waals surface area contributed by atoms with Crippen molar-refractivity contribution < 1.29 is 14.3 Å². The van der Waals surface area contributed by atoms with Crippen molar-refractivity contribution >= 4 is 57.0 Å². The van der Waals surface area contributed by atoms with Crippen LogP contribution in [0.1, 0.15) is 16.1 Å². The maximum Gasteiger partial charge on any atom is 0.340 e. The molecule has 0 aliphatic carbocycles. The molecule has 162 valence electrons. The highest BCUT2D eigenvalue weighted by atomic mass is 79.9. The van der Waals surface area contributed by atoms with Crippen LogP contribution in [0.2, 0.25) is 0 Å². The lowest BCUT2D eigenvalue weighted by Gasteiger charge is -2.11. The standard InChI is InChI=1S/C22H25BrN2O3S.ClH/c1-24(2)10-11-28-22(26)21-16-12-20(27-4)17(23)13-18(16)25(3)19(21)14-29-15-8-6-5-7-9-15;/h5-9,12-13H,10-11,14H2,1-4H3;1H. The lowest BCUT2D eigenvalue weighted by atomic mass is 10.1. The second kappa shape index (κ2) is 11.1. The monoisotopic (exact) mass is 512 g/mol. The molecule has 0 aliphatic heterocycles. The number of aryl methyl sites for hydroxylation is 1. The van der Waals surface area contributed by atoms with E-state index < -0.39 is 0 Å². The third-order valence-corrected chi connectivity index (χ3v) is 6.33. The van der Waals surface area contributed by atoms with Crippen LogP contribution in [0, 0.1) is 0 Å². The van der Waals surface area contributed by atoms with Gasteiger partial charge in [-0.25, -0.2) is 4.79 Å². The smallest absolute Gasteiger partial charge is 0.340 e. The lowest BCUT2D eigenvalue weighted by molar-refractivity contribution is 0.0483. The Morgan fingerprint density at radius 3 is 2.53 bits per heavy atom. The number of thioether (sulfide) groups is 1. The molecule has 0 bridgehead atoms. The SMILES string of the molecule is COc1cc2c(C(=O)OCCN(C)C)c(CSc3ccccc3)n(C)c2cc1Br.Cl. The summed E-state index contributed by atoms with van der Waals surface area (Å²) in [6, 6.07) is 14.1. The fourth-order valence-corrected chi connectivity index (χ4v) is 4.59. The van der Waals surface area contributed by atoms with Crippen LogP contribution in [0.4, 0.5) is 0 Å². The molecule has 0 fully saturated rings. The number of fused-ring (bicyclic) bond motifs is 1. The molecule has 0 saturated carbocycles. The zero-order chi connectivity index (χ0) is 21.0. The van der Waals surface area contributed by atoms with Crippen molar-refractivity contribution in [2.24, 2.45) is 7.05 Å². The summed E-state index contributed by atoms with van der Waals surface area (Å²) in [5.74, 6) is 1.05. The van der Waals surface area contributed by atoms with E-state index in [0.717, 1.165) is 26.0 Å². The number of ether oxygens (including phenoxy) is 2. The van der Waals surface area contributed by atoms with Crippen molar-refractivity contribution in [2.75, 3.05) is 34.4 Å². The maximum atomic E-state index is 13.1. The number of aromatic nitrogens is 1. The van der Waals surface area contributed by atoms with E-state index in [9.17, 15) is 4.79 Å². The Kier molecular flexibility index (Phi) is 9.09. The van der Waals surface area contributed by atoms with Gasteiger partial charge in [0.1, 0.15) is 12.4 Å². The van der Waals surface area contributed by atoms with Crippen LogP contribution >= 0.6 is 40.1 Å². The van der Waals surface area contributed by atoms with Crippen LogP contribution in [0.25, 0.3) is 10.9 Å². The lowest BCUT2D eigenvalue weighted by Crippen LogP contribution is -2.20. The number of methoxy groups -OCH3 is 1. The molecular formula is C22H26BrClN2O3S. The van der Waals surface area contributed by atoms with Crippen LogP contribution in [-0.2, 0) is 17.5 Å². The molecule has 0 amide bonds. The molecule has 0 aliphatic rings. The first-order valence-corrected chi connectivity index (χ1v) is 11.0. The quantitative estimate of drug-likeness (QED) is 0.299. The van der Waals surface area contributed by atoms with Crippen LogP contribution < -0.4 is 4.74 Å². The van der Waals surface area contributed by atoms with E-state index in [4.69, 9.17) is 9.47 Å². The second-order valence-electron chi connectivity index (χ2n) is 6.93. The number of esters is 1. The summed E-state index contributed by atoms with van der Waals surface area (Å²) in [6.45, 7) is 1.03. The third kappa shape index (κ3) is 5.52. The van der Waals surface area contributed by atoms with Gasteiger partial charge in [-0.3, -0.25) is 0 Å². The first kappa shape index (κ1) is 24.6. The number of hydrogen-bond donors (Lipinski definition) is 0. The van der Waals surface area contributed by atoms with Gasteiger partial charge in [-0.2, -0.15) is 0 Å². The topological polar surface area (TPSA) is 43.7 Å². The Hall–Kier alpha value is -1.67. The Balaban J connectivity index is 0.00000320. The zero-order valence-electron chi connectivity index (χ0n) is 17.5. The summed E-state index contributed by atoms with van der Waals surface area (Å²) < 4.78 is 14.0. The van der Waals surface area contributed by atoms with E-state index in [-0.39, 0.29) is 18.4 Å². The first-order chi connectivity index (χ1) is 13.9. The molecule has 1 heterocycles. The largest absolute Gasteiger partial charge is 0.496 e. The fourth-order valence-electron chi connectivity index (χ4n) is 3.10. The third-order valence-electron chi connectivity index (χ3n) is 4.69. The predicted octanol–water partition coefficient (Wildman–Crippen LogP) is 5.38. The second-order valence-corrected chi connectivity index (χ2v) is 8.83. The number of rotatable bonds is 8. The molecule has 0 saturated heterocycles. The number of carbonyl (C=O) groups excluding carboxylic acids is 1. The van der Waals surface area contributed by atoms with E-state index in [1.54, 1.807) is 18.9 Å². The minimum absolute atomic E-state index is 0. The van der Waals surface area contributed by atoms with Gasteiger partial charge in [-0.05, 0) is 54.3 Å². The summed E-state index contributed by atoms with van der Waals surface area (Å²) in [6.07, 6.45) is 0. The Morgan fingerprint density at radius 2 is 1.90 bits per heavy atom. The Labute approximate surface area is 196 Å². The molecule has 0 radical (unpaired) electrons. The number of carbonyl (C=O) groups is 1. The van der Waals surface area contributed by atoms with Gasteiger partial charge in [0.05, 0.1) is 22.7 Å². The van der Waals surface area contributed by atoms with Gasteiger partial charge >= 0.3 is 5.97 Å². The number of likely N-dealkylation sites (N-methyl/N-ethyl adjacent to an activating group) is 1. The summed E-state index contributed by atoms with van der Waals surface area (Å²) in [7, 11) is 7.51. The minimum Gasteiger partial charge on any atom is -0.496 e. The summed E-state index contributed by atoms with van der Waals surface area (Å²) >= 11 is 5.25. The molecule has 0 spiro atoms. The van der Waals surface area contributed by atoms with Crippen molar-refractivity contribution in [3.05, 3.63) is 58.2 Å². The van der Waals surface area contributed by atoms with Gasteiger partial charge in [0, 0.05) is 35.3 Å². The average Bonchev–Trinajstić information content (AvgIpc) is 2.97. The molecular weight excluding hydrogens is 488 g/mol. The Bertz CT molecular complexity index is 1010. The van der Waals surface area contributed by atoms with Crippen molar-refractivity contribution in [3.8, 4) is 5.75 Å². The molecule has 3 rings (SSSR count). The summed E-state index contributed by atoms with van der Waals surface area (Å²) in [5, 5.41) is 0.839. The maximum absolute atomic E-state index is 13.1. The average molecular weight is 514 g/mol. The van der Waals surface area contributed by atoms with Gasteiger partial charge in [-0.1, -0.05) is 18.2 Å². The highest BCUT2D eigenvalue weighted by Gasteiger charge is 2.24. The number of hydrogen-bond acceptors (Lipinski definition) is 5. The van der Waals surface area contributed by atoms with Crippen molar-refractivity contribution in [2.45, 2.75) is 10.6 Å². The highest BCUT2D eigenvalue weighted by Crippen LogP contribution is 2.37. The van der Waals surface area contributed by atoms with Crippen LogP contribution in [0.5, 0.6) is 5.75 Å². The first-order valence-electron chi connectivity index (χ1n) is 9.27. The zero-order valence-corrected chi connectivity index (χ0v) is 20.7. The van der Waals surface area contributed by atoms with Crippen LogP contribution in [0.15, 0.2) is 51.8 Å².